The number of rotatable bonds is 7. The van der Waals surface area contributed by atoms with Crippen molar-refractivity contribution in [3.63, 3.8) is 0 Å². The molecule has 0 spiro atoms. The van der Waals surface area contributed by atoms with Crippen molar-refractivity contribution in [2.24, 2.45) is 0 Å². The summed E-state index contributed by atoms with van der Waals surface area (Å²) in [5, 5.41) is 6.59. The molecule has 0 bridgehead atoms. The number of unbranched alkanes of at least 4 members (excludes halogenated alkanes) is 2. The van der Waals surface area contributed by atoms with E-state index in [0.29, 0.717) is 22.2 Å². The average molecular weight is 319 g/mol. The highest BCUT2D eigenvalue weighted by atomic mass is 35.5. The third kappa shape index (κ3) is 5.00. The van der Waals surface area contributed by atoms with Crippen LogP contribution in [0.2, 0.25) is 5.02 Å². The fourth-order valence-corrected chi connectivity index (χ4v) is 2.02. The molecule has 116 valence electrons. The summed E-state index contributed by atoms with van der Waals surface area (Å²) in [6.45, 7) is 2.99. The first-order valence-corrected chi connectivity index (χ1v) is 7.69. The van der Waals surface area contributed by atoms with E-state index in [0.717, 1.165) is 13.0 Å². The third-order valence-electron chi connectivity index (χ3n) is 3.09. The molecule has 6 heteroatoms. The molecule has 1 heterocycles. The molecule has 2 N–H and O–H groups in total. The van der Waals surface area contributed by atoms with E-state index in [1.54, 1.807) is 30.3 Å². The highest BCUT2D eigenvalue weighted by molar-refractivity contribution is 6.30. The molecule has 0 aliphatic heterocycles. The number of hydrogen-bond acceptors (Lipinski definition) is 4. The van der Waals surface area contributed by atoms with Crippen LogP contribution in [0.15, 0.2) is 36.7 Å². The molecular formula is C16H19ClN4O. The van der Waals surface area contributed by atoms with Gasteiger partial charge in [-0.2, -0.15) is 0 Å². The minimum absolute atomic E-state index is 0.277. The Morgan fingerprint density at radius 2 is 1.95 bits per heavy atom. The highest BCUT2D eigenvalue weighted by Crippen LogP contribution is 2.14. The van der Waals surface area contributed by atoms with Gasteiger partial charge < -0.3 is 10.6 Å². The van der Waals surface area contributed by atoms with Gasteiger partial charge in [0, 0.05) is 23.3 Å². The molecule has 0 saturated heterocycles. The van der Waals surface area contributed by atoms with Gasteiger partial charge in [-0.25, -0.2) is 9.97 Å². The van der Waals surface area contributed by atoms with Crippen molar-refractivity contribution in [3.8, 4) is 0 Å². The van der Waals surface area contributed by atoms with Gasteiger partial charge in [-0.3, -0.25) is 4.79 Å². The van der Waals surface area contributed by atoms with Crippen molar-refractivity contribution in [1.29, 1.82) is 0 Å². The molecular weight excluding hydrogens is 300 g/mol. The van der Waals surface area contributed by atoms with Crippen LogP contribution in [0.1, 0.15) is 36.7 Å². The third-order valence-corrected chi connectivity index (χ3v) is 3.34. The summed E-state index contributed by atoms with van der Waals surface area (Å²) in [5.41, 5.74) is 0.994. The second kappa shape index (κ2) is 8.34. The Labute approximate surface area is 135 Å². The molecule has 5 nitrogen and oxygen atoms in total. The predicted molar refractivity (Wildman–Crippen MR) is 89.5 cm³/mol. The summed E-state index contributed by atoms with van der Waals surface area (Å²) in [6.07, 6.45) is 4.80. The smallest absolute Gasteiger partial charge is 0.274 e. The number of aromatic nitrogens is 2. The van der Waals surface area contributed by atoms with Gasteiger partial charge in [0.15, 0.2) is 0 Å². The van der Waals surface area contributed by atoms with E-state index in [-0.39, 0.29) is 5.91 Å². The Morgan fingerprint density at radius 3 is 2.68 bits per heavy atom. The molecule has 0 radical (unpaired) electrons. The lowest BCUT2D eigenvalue weighted by Crippen LogP contribution is -2.14. The van der Waals surface area contributed by atoms with Crippen LogP contribution in [-0.4, -0.2) is 22.4 Å². The molecule has 1 amide bonds. The second-order valence-corrected chi connectivity index (χ2v) is 5.32. The van der Waals surface area contributed by atoms with Crippen molar-refractivity contribution < 1.29 is 4.79 Å². The van der Waals surface area contributed by atoms with Gasteiger partial charge in [0.1, 0.15) is 17.8 Å². The summed E-state index contributed by atoms with van der Waals surface area (Å²) >= 11 is 5.82. The molecule has 2 aromatic rings. The zero-order valence-corrected chi connectivity index (χ0v) is 13.2. The van der Waals surface area contributed by atoms with Crippen LogP contribution in [0.3, 0.4) is 0 Å². The van der Waals surface area contributed by atoms with E-state index < -0.39 is 0 Å². The van der Waals surface area contributed by atoms with Crippen LogP contribution in [-0.2, 0) is 0 Å². The largest absolute Gasteiger partial charge is 0.370 e. The fourth-order valence-electron chi connectivity index (χ4n) is 1.90. The van der Waals surface area contributed by atoms with Crippen molar-refractivity contribution in [2.75, 3.05) is 17.2 Å². The van der Waals surface area contributed by atoms with E-state index in [1.807, 2.05) is 0 Å². The van der Waals surface area contributed by atoms with Crippen molar-refractivity contribution >= 4 is 29.0 Å². The first-order chi connectivity index (χ1) is 10.7. The van der Waals surface area contributed by atoms with Crippen LogP contribution >= 0.6 is 11.6 Å². The van der Waals surface area contributed by atoms with Crippen molar-refractivity contribution in [1.82, 2.24) is 9.97 Å². The van der Waals surface area contributed by atoms with Crippen LogP contribution < -0.4 is 10.6 Å². The van der Waals surface area contributed by atoms with Crippen LogP contribution in [0.5, 0.6) is 0 Å². The predicted octanol–water partition coefficient (Wildman–Crippen LogP) is 3.98. The Hall–Kier alpha value is -2.14. The van der Waals surface area contributed by atoms with Gasteiger partial charge in [-0.1, -0.05) is 31.4 Å². The van der Waals surface area contributed by atoms with Gasteiger partial charge in [-0.15, -0.1) is 0 Å². The standard InChI is InChI=1S/C16H19ClN4O/c1-2-3-4-9-18-15-10-14(19-11-20-15)16(22)21-13-7-5-12(17)6-8-13/h5-8,10-11H,2-4,9H2,1H3,(H,21,22)(H,18,19,20). The molecule has 1 aromatic carbocycles. The van der Waals surface area contributed by atoms with Gasteiger partial charge in [0.05, 0.1) is 0 Å². The van der Waals surface area contributed by atoms with Crippen LogP contribution in [0.4, 0.5) is 11.5 Å². The average Bonchev–Trinajstić information content (AvgIpc) is 2.54. The SMILES string of the molecule is CCCCCNc1cc(C(=O)Nc2ccc(Cl)cc2)ncn1. The maximum Gasteiger partial charge on any atom is 0.274 e. The summed E-state index contributed by atoms with van der Waals surface area (Å²) in [4.78, 5) is 20.3. The summed E-state index contributed by atoms with van der Waals surface area (Å²) in [7, 11) is 0. The second-order valence-electron chi connectivity index (χ2n) is 4.88. The van der Waals surface area contributed by atoms with E-state index in [9.17, 15) is 4.79 Å². The Morgan fingerprint density at radius 1 is 1.18 bits per heavy atom. The number of halogens is 1. The zero-order valence-electron chi connectivity index (χ0n) is 12.5. The molecule has 0 saturated carbocycles. The monoisotopic (exact) mass is 318 g/mol. The number of benzene rings is 1. The summed E-state index contributed by atoms with van der Waals surface area (Å²) in [5.74, 6) is 0.383. The maximum absolute atomic E-state index is 12.2. The molecule has 0 unspecified atom stereocenters. The number of amides is 1. The Bertz CT molecular complexity index is 616. The van der Waals surface area contributed by atoms with E-state index in [2.05, 4.69) is 27.5 Å². The number of carbonyl (C=O) groups excluding carboxylic acids is 1. The minimum atomic E-state index is -0.277. The summed E-state index contributed by atoms with van der Waals surface area (Å²) < 4.78 is 0. The number of carbonyl (C=O) groups is 1. The molecule has 0 atom stereocenters. The fraction of sp³-hybridized carbons (Fsp3) is 0.312. The lowest BCUT2D eigenvalue weighted by atomic mass is 10.2. The molecule has 0 fully saturated rings. The lowest BCUT2D eigenvalue weighted by Gasteiger charge is -2.07. The first kappa shape index (κ1) is 16.2. The van der Waals surface area contributed by atoms with Gasteiger partial charge >= 0.3 is 0 Å². The van der Waals surface area contributed by atoms with E-state index in [4.69, 9.17) is 11.6 Å². The first-order valence-electron chi connectivity index (χ1n) is 7.32. The topological polar surface area (TPSA) is 66.9 Å². The van der Waals surface area contributed by atoms with E-state index >= 15 is 0 Å². The molecule has 2 rings (SSSR count). The Balaban J connectivity index is 1.96. The quantitative estimate of drug-likeness (QED) is 0.758. The van der Waals surface area contributed by atoms with Gasteiger partial charge in [0.25, 0.3) is 5.91 Å². The normalized spacial score (nSPS) is 10.3. The molecule has 0 aliphatic rings. The minimum Gasteiger partial charge on any atom is -0.370 e. The summed E-state index contributed by atoms with van der Waals surface area (Å²) in [6, 6.07) is 8.57. The molecule has 22 heavy (non-hydrogen) atoms. The molecule has 0 aliphatic carbocycles. The number of nitrogens with zero attached hydrogens (tertiary/aromatic N) is 2. The van der Waals surface area contributed by atoms with Crippen LogP contribution in [0, 0.1) is 0 Å². The van der Waals surface area contributed by atoms with Crippen LogP contribution in [0.25, 0.3) is 0 Å². The van der Waals surface area contributed by atoms with E-state index in [1.165, 1.54) is 19.2 Å². The Kier molecular flexibility index (Phi) is 6.15. The molecule has 1 aromatic heterocycles. The zero-order chi connectivity index (χ0) is 15.8. The lowest BCUT2D eigenvalue weighted by molar-refractivity contribution is 0.102. The maximum atomic E-state index is 12.2. The van der Waals surface area contributed by atoms with Gasteiger partial charge in [0.2, 0.25) is 0 Å². The highest BCUT2D eigenvalue weighted by Gasteiger charge is 2.09. The van der Waals surface area contributed by atoms with Gasteiger partial charge in [-0.05, 0) is 30.7 Å². The van der Waals surface area contributed by atoms with Crippen molar-refractivity contribution in [3.05, 3.63) is 47.4 Å². The number of anilines is 2. The van der Waals surface area contributed by atoms with Crippen molar-refractivity contribution in [2.45, 2.75) is 26.2 Å². The number of hydrogen-bond donors (Lipinski definition) is 2. The number of nitrogens with one attached hydrogen (secondary N) is 2.